The Bertz CT molecular complexity index is 932. The van der Waals surface area contributed by atoms with Gasteiger partial charge in [-0.15, -0.1) is 0 Å². The number of carbonyl (C=O) groups excluding carboxylic acids is 1. The Morgan fingerprint density at radius 3 is 2.78 bits per heavy atom. The lowest BCUT2D eigenvalue weighted by Crippen LogP contribution is -2.45. The Morgan fingerprint density at radius 2 is 2.11 bits per heavy atom. The first kappa shape index (κ1) is 20.2. The third-order valence-electron chi connectivity index (χ3n) is 4.68. The first-order valence-corrected chi connectivity index (χ1v) is 10.7. The molecule has 6 nitrogen and oxygen atoms in total. The second-order valence-corrected chi connectivity index (χ2v) is 9.13. The molecule has 1 N–H and O–H groups in total. The Labute approximate surface area is 168 Å². The molecule has 1 unspecified atom stereocenters. The van der Waals surface area contributed by atoms with E-state index in [9.17, 15) is 13.2 Å². The van der Waals surface area contributed by atoms with Gasteiger partial charge in [-0.05, 0) is 56.0 Å². The van der Waals surface area contributed by atoms with Crippen LogP contribution in [0.2, 0.25) is 10.0 Å². The number of hydrogen-bond donors (Lipinski definition) is 1. The second-order valence-electron chi connectivity index (χ2n) is 6.51. The fourth-order valence-electron chi connectivity index (χ4n) is 3.23. The van der Waals surface area contributed by atoms with Crippen molar-refractivity contribution >= 4 is 39.1 Å². The van der Waals surface area contributed by atoms with Crippen molar-refractivity contribution < 1.29 is 17.6 Å². The molecule has 0 saturated carbocycles. The summed E-state index contributed by atoms with van der Waals surface area (Å²) in [5.41, 5.74) is 0.956. The normalized spacial score (nSPS) is 18.0. The van der Waals surface area contributed by atoms with Gasteiger partial charge in [0.15, 0.2) is 0 Å². The molecule has 1 amide bonds. The van der Waals surface area contributed by atoms with Gasteiger partial charge in [0.2, 0.25) is 15.9 Å². The maximum atomic E-state index is 13.3. The Morgan fingerprint density at radius 1 is 1.37 bits per heavy atom. The van der Waals surface area contributed by atoms with Gasteiger partial charge in [0.25, 0.3) is 0 Å². The molecule has 1 saturated heterocycles. The SMILES string of the molecule is Cc1cc(Cl)c(C)c(S(=O)(=O)N2CCCC2C(=O)NCc2ccco2)c1Cl. The van der Waals surface area contributed by atoms with E-state index >= 15 is 0 Å². The molecule has 1 atom stereocenters. The van der Waals surface area contributed by atoms with E-state index in [4.69, 9.17) is 27.6 Å². The van der Waals surface area contributed by atoms with Crippen molar-refractivity contribution in [3.63, 3.8) is 0 Å². The lowest BCUT2D eigenvalue weighted by Gasteiger charge is -2.25. The lowest BCUT2D eigenvalue weighted by atomic mass is 10.2. The second kappa shape index (κ2) is 7.83. The number of furan rings is 1. The summed E-state index contributed by atoms with van der Waals surface area (Å²) in [6, 6.07) is 4.30. The van der Waals surface area contributed by atoms with E-state index in [-0.39, 0.29) is 28.9 Å². The van der Waals surface area contributed by atoms with Crippen LogP contribution >= 0.6 is 23.2 Å². The minimum absolute atomic E-state index is 0.0279. The summed E-state index contributed by atoms with van der Waals surface area (Å²) in [5.74, 6) is 0.236. The molecule has 0 bridgehead atoms. The molecule has 0 radical (unpaired) electrons. The number of carbonyl (C=O) groups is 1. The average Bonchev–Trinajstić information content (AvgIpc) is 3.29. The Kier molecular flexibility index (Phi) is 5.86. The largest absolute Gasteiger partial charge is 0.467 e. The molecule has 0 aliphatic carbocycles. The molecule has 3 rings (SSSR count). The predicted octanol–water partition coefficient (Wildman–Crippen LogP) is 3.67. The molecule has 9 heteroatoms. The zero-order valence-corrected chi connectivity index (χ0v) is 17.3. The monoisotopic (exact) mass is 430 g/mol. The molecular weight excluding hydrogens is 411 g/mol. The van der Waals surface area contributed by atoms with Crippen molar-refractivity contribution in [2.45, 2.75) is 44.2 Å². The molecule has 0 spiro atoms. The highest BCUT2D eigenvalue weighted by Crippen LogP contribution is 2.37. The van der Waals surface area contributed by atoms with E-state index in [1.54, 1.807) is 32.0 Å². The van der Waals surface area contributed by atoms with Gasteiger partial charge in [0, 0.05) is 11.6 Å². The number of aryl methyl sites for hydroxylation is 1. The van der Waals surface area contributed by atoms with Crippen molar-refractivity contribution in [3.8, 4) is 0 Å². The smallest absolute Gasteiger partial charge is 0.245 e. The maximum Gasteiger partial charge on any atom is 0.245 e. The van der Waals surface area contributed by atoms with Gasteiger partial charge < -0.3 is 9.73 Å². The van der Waals surface area contributed by atoms with Crippen molar-refractivity contribution in [1.29, 1.82) is 0 Å². The van der Waals surface area contributed by atoms with Gasteiger partial charge in [0.1, 0.15) is 16.7 Å². The summed E-state index contributed by atoms with van der Waals surface area (Å²) in [4.78, 5) is 12.6. The van der Waals surface area contributed by atoms with Crippen LogP contribution in [0.5, 0.6) is 0 Å². The highest BCUT2D eigenvalue weighted by Gasteiger charge is 2.41. The van der Waals surface area contributed by atoms with Crippen LogP contribution in [-0.2, 0) is 21.4 Å². The zero-order valence-electron chi connectivity index (χ0n) is 15.0. The van der Waals surface area contributed by atoms with E-state index in [1.165, 1.54) is 10.6 Å². The fourth-order valence-corrected chi connectivity index (χ4v) is 6.06. The Hall–Kier alpha value is -1.54. The van der Waals surface area contributed by atoms with Gasteiger partial charge >= 0.3 is 0 Å². The van der Waals surface area contributed by atoms with Gasteiger partial charge in [0.05, 0.1) is 17.8 Å². The number of hydrogen-bond acceptors (Lipinski definition) is 4. The van der Waals surface area contributed by atoms with Crippen molar-refractivity contribution in [2.24, 2.45) is 0 Å². The molecule has 1 aliphatic heterocycles. The number of nitrogens with one attached hydrogen (secondary N) is 1. The van der Waals surface area contributed by atoms with Gasteiger partial charge in [-0.25, -0.2) is 8.42 Å². The quantitative estimate of drug-likeness (QED) is 0.784. The summed E-state index contributed by atoms with van der Waals surface area (Å²) < 4.78 is 33.0. The van der Waals surface area contributed by atoms with Crippen molar-refractivity contribution in [2.75, 3.05) is 6.54 Å². The summed E-state index contributed by atoms with van der Waals surface area (Å²) in [7, 11) is -3.98. The molecular formula is C18H20Cl2N2O4S. The minimum atomic E-state index is -3.98. The van der Waals surface area contributed by atoms with Crippen LogP contribution in [0.15, 0.2) is 33.8 Å². The van der Waals surface area contributed by atoms with Crippen LogP contribution in [-0.4, -0.2) is 31.2 Å². The lowest BCUT2D eigenvalue weighted by molar-refractivity contribution is -0.124. The van der Waals surface area contributed by atoms with Crippen LogP contribution in [0.1, 0.15) is 29.7 Å². The zero-order chi connectivity index (χ0) is 19.8. The number of halogens is 2. The van der Waals surface area contributed by atoms with Crippen LogP contribution in [0.4, 0.5) is 0 Å². The van der Waals surface area contributed by atoms with Crippen molar-refractivity contribution in [1.82, 2.24) is 9.62 Å². The third kappa shape index (κ3) is 3.87. The summed E-state index contributed by atoms with van der Waals surface area (Å²) in [5, 5.41) is 3.20. The van der Waals surface area contributed by atoms with Crippen LogP contribution in [0.3, 0.4) is 0 Å². The molecule has 146 valence electrons. The van der Waals surface area contributed by atoms with E-state index in [0.717, 1.165) is 0 Å². The molecule has 1 aromatic heterocycles. The molecule has 1 fully saturated rings. The van der Waals surface area contributed by atoms with Gasteiger partial charge in [-0.2, -0.15) is 4.31 Å². The average molecular weight is 431 g/mol. The standard InChI is InChI=1S/C18H20Cl2N2O4S/c1-11-9-14(19)12(2)17(16(11)20)27(24,25)22-7-3-6-15(22)18(23)21-10-13-5-4-8-26-13/h4-5,8-9,15H,3,6-7,10H2,1-2H3,(H,21,23). The summed E-state index contributed by atoms with van der Waals surface area (Å²) in [6.07, 6.45) is 2.55. The molecule has 27 heavy (non-hydrogen) atoms. The summed E-state index contributed by atoms with van der Waals surface area (Å²) in [6.45, 7) is 3.77. The van der Waals surface area contributed by atoms with Crippen LogP contribution in [0.25, 0.3) is 0 Å². The van der Waals surface area contributed by atoms with Gasteiger partial charge in [-0.1, -0.05) is 23.2 Å². The number of benzene rings is 1. The number of nitrogens with zero attached hydrogens (tertiary/aromatic N) is 1. The highest BCUT2D eigenvalue weighted by atomic mass is 35.5. The predicted molar refractivity (Wildman–Crippen MR) is 103 cm³/mol. The number of amides is 1. The molecule has 1 aliphatic rings. The van der Waals surface area contributed by atoms with E-state index < -0.39 is 16.1 Å². The van der Waals surface area contributed by atoms with E-state index in [2.05, 4.69) is 5.32 Å². The Balaban J connectivity index is 1.89. The minimum Gasteiger partial charge on any atom is -0.467 e. The molecule has 1 aromatic carbocycles. The fraction of sp³-hybridized carbons (Fsp3) is 0.389. The van der Waals surface area contributed by atoms with Gasteiger partial charge in [-0.3, -0.25) is 4.79 Å². The highest BCUT2D eigenvalue weighted by molar-refractivity contribution is 7.89. The number of sulfonamides is 1. The summed E-state index contributed by atoms with van der Waals surface area (Å²) >= 11 is 12.5. The third-order valence-corrected chi connectivity index (χ3v) is 7.75. The van der Waals surface area contributed by atoms with Crippen LogP contribution in [0, 0.1) is 13.8 Å². The van der Waals surface area contributed by atoms with Crippen molar-refractivity contribution in [3.05, 3.63) is 51.4 Å². The van der Waals surface area contributed by atoms with E-state index in [0.29, 0.717) is 34.8 Å². The maximum absolute atomic E-state index is 13.3. The molecule has 2 heterocycles. The van der Waals surface area contributed by atoms with Crippen LogP contribution < -0.4 is 5.32 Å². The topological polar surface area (TPSA) is 79.6 Å². The van der Waals surface area contributed by atoms with E-state index in [1.807, 2.05) is 0 Å². The number of rotatable bonds is 5. The molecule has 2 aromatic rings. The first-order chi connectivity index (χ1) is 12.7. The first-order valence-electron chi connectivity index (χ1n) is 8.50.